The number of nitrogen functional groups attached to an aromatic ring is 1. The molecular formula is C43H45ClN10OS2. The molecule has 292 valence electrons. The van der Waals surface area contributed by atoms with Crippen LogP contribution in [0.2, 0.25) is 5.28 Å². The topological polar surface area (TPSA) is 171 Å². The van der Waals surface area contributed by atoms with E-state index in [-0.39, 0.29) is 18.6 Å². The van der Waals surface area contributed by atoms with Crippen molar-refractivity contribution >= 4 is 76.8 Å². The Kier molecular flexibility index (Phi) is 15.9. The number of rotatable bonds is 11. The molecular weight excluding hydrogens is 772 g/mol. The molecule has 0 saturated carbocycles. The number of fused-ring (bicyclic) bond motifs is 2. The lowest BCUT2D eigenvalue weighted by Gasteiger charge is -2.07. The third-order valence-electron chi connectivity index (χ3n) is 8.23. The molecule has 0 aliphatic heterocycles. The van der Waals surface area contributed by atoms with Gasteiger partial charge in [-0.3, -0.25) is 4.79 Å². The van der Waals surface area contributed by atoms with Crippen molar-refractivity contribution in [2.75, 3.05) is 29.5 Å². The summed E-state index contributed by atoms with van der Waals surface area (Å²) < 4.78 is 2.04. The predicted molar refractivity (Wildman–Crippen MR) is 239 cm³/mol. The molecule has 57 heavy (non-hydrogen) atoms. The zero-order chi connectivity index (χ0) is 39.1. The van der Waals surface area contributed by atoms with Crippen LogP contribution in [0.1, 0.15) is 38.3 Å². The van der Waals surface area contributed by atoms with Crippen molar-refractivity contribution in [2.24, 2.45) is 5.73 Å². The van der Waals surface area contributed by atoms with Gasteiger partial charge >= 0.3 is 0 Å². The second kappa shape index (κ2) is 21.4. The largest absolute Gasteiger partial charge is 0.375 e. The Morgan fingerprint density at radius 3 is 1.89 bits per heavy atom. The number of nitrogens with one attached hydrogen (secondary N) is 2. The fourth-order valence-electron chi connectivity index (χ4n) is 5.58. The van der Waals surface area contributed by atoms with E-state index in [4.69, 9.17) is 23.1 Å². The summed E-state index contributed by atoms with van der Waals surface area (Å²) in [4.78, 5) is 36.7. The van der Waals surface area contributed by atoms with E-state index in [0.29, 0.717) is 16.2 Å². The Hall–Kier alpha value is -5.86. The number of halogens is 1. The minimum atomic E-state index is -0.133. The minimum absolute atomic E-state index is 0. The van der Waals surface area contributed by atoms with E-state index in [1.807, 2.05) is 48.5 Å². The summed E-state index contributed by atoms with van der Waals surface area (Å²) in [5, 5.41) is 7.38. The monoisotopic (exact) mass is 816 g/mol. The Labute approximate surface area is 345 Å². The molecule has 0 saturated heterocycles. The molecule has 8 rings (SSSR count). The van der Waals surface area contributed by atoms with Crippen molar-refractivity contribution in [3.05, 3.63) is 138 Å². The third kappa shape index (κ3) is 12.8. The van der Waals surface area contributed by atoms with Gasteiger partial charge in [0.2, 0.25) is 17.1 Å². The first-order valence-corrected chi connectivity index (χ1v) is 20.0. The number of nitrogens with zero attached hydrogens (tertiary/aromatic N) is 6. The molecule has 0 bridgehead atoms. The van der Waals surface area contributed by atoms with Gasteiger partial charge in [-0.15, -0.1) is 0 Å². The Balaban J connectivity index is 0.000000177. The lowest BCUT2D eigenvalue weighted by molar-refractivity contribution is -0.114. The molecule has 4 aromatic heterocycles. The predicted octanol–water partition coefficient (Wildman–Crippen LogP) is 9.96. The number of nitrogens with two attached hydrogens (primary N) is 2. The van der Waals surface area contributed by atoms with Gasteiger partial charge in [-0.1, -0.05) is 103 Å². The average molecular weight is 817 g/mol. The summed E-state index contributed by atoms with van der Waals surface area (Å²) in [7, 11) is 0. The van der Waals surface area contributed by atoms with Crippen molar-refractivity contribution in [3.8, 4) is 22.5 Å². The second-order valence-corrected chi connectivity index (χ2v) is 14.9. The molecule has 0 aliphatic carbocycles. The summed E-state index contributed by atoms with van der Waals surface area (Å²) in [6, 6.07) is 36.5. The van der Waals surface area contributed by atoms with Gasteiger partial charge in [0.15, 0.2) is 10.3 Å². The highest BCUT2D eigenvalue weighted by atomic mass is 35.5. The summed E-state index contributed by atoms with van der Waals surface area (Å²) in [5.74, 6) is 0.520. The number of anilines is 3. The molecule has 8 aromatic rings. The van der Waals surface area contributed by atoms with Crippen LogP contribution in [-0.2, 0) is 17.6 Å². The fourth-order valence-corrected chi connectivity index (χ4v) is 7.45. The molecule has 0 fully saturated rings. The maximum atomic E-state index is 11.0. The van der Waals surface area contributed by atoms with E-state index in [1.165, 1.54) is 40.7 Å². The second-order valence-electron chi connectivity index (χ2n) is 12.5. The van der Waals surface area contributed by atoms with E-state index in [9.17, 15) is 4.79 Å². The highest BCUT2D eigenvalue weighted by molar-refractivity contribution is 7.22. The van der Waals surface area contributed by atoms with Crippen LogP contribution in [0.25, 0.3) is 42.9 Å². The van der Waals surface area contributed by atoms with Gasteiger partial charge in [0.05, 0.1) is 31.8 Å². The number of carbonyl (C=O) groups is 1. The van der Waals surface area contributed by atoms with E-state index < -0.39 is 0 Å². The molecule has 4 heterocycles. The normalized spacial score (nSPS) is 10.4. The number of thiazole rings is 2. The van der Waals surface area contributed by atoms with Gasteiger partial charge in [-0.2, -0.15) is 0 Å². The maximum absolute atomic E-state index is 11.0. The highest BCUT2D eigenvalue weighted by Crippen LogP contribution is 2.31. The first-order valence-electron chi connectivity index (χ1n) is 18.0. The highest BCUT2D eigenvalue weighted by Gasteiger charge is 2.09. The van der Waals surface area contributed by atoms with E-state index in [1.54, 1.807) is 18.5 Å². The zero-order valence-corrected chi connectivity index (χ0v) is 33.1. The number of hydrogen-bond donors (Lipinski definition) is 4. The summed E-state index contributed by atoms with van der Waals surface area (Å²) in [6.45, 7) is 3.08. The van der Waals surface area contributed by atoms with Crippen LogP contribution in [0, 0.1) is 0 Å². The molecule has 0 unspecified atom stereocenters. The smallest absolute Gasteiger partial charge is 0.223 e. The number of carbonyl (C=O) groups excluding carboxylic acids is 1. The molecule has 0 atom stereocenters. The number of hydrogen-bond acceptors (Lipinski definition) is 12. The van der Waals surface area contributed by atoms with Gasteiger partial charge in [-0.05, 0) is 91.4 Å². The SMILES string of the molecule is C.CC(=O)Nc1nc2ccc(-c3ccnc(Cl)n3)cc2s1.NCCCc1ccccc1.Nc1nc2ccc(-c3ccnc(NCCCc4ccccc4)n3)cc2s1. The van der Waals surface area contributed by atoms with Crippen molar-refractivity contribution < 1.29 is 4.79 Å². The summed E-state index contributed by atoms with van der Waals surface area (Å²) in [6.07, 6.45) is 7.67. The van der Waals surface area contributed by atoms with Gasteiger partial charge in [0, 0.05) is 37.0 Å². The minimum Gasteiger partial charge on any atom is -0.375 e. The molecule has 0 aliphatic rings. The van der Waals surface area contributed by atoms with Crippen LogP contribution in [0.5, 0.6) is 0 Å². The van der Waals surface area contributed by atoms with Gasteiger partial charge < -0.3 is 22.1 Å². The van der Waals surface area contributed by atoms with Gasteiger partial charge in [0.1, 0.15) is 0 Å². The summed E-state index contributed by atoms with van der Waals surface area (Å²) in [5.41, 5.74) is 19.3. The molecule has 0 spiro atoms. The Morgan fingerprint density at radius 2 is 1.28 bits per heavy atom. The first-order chi connectivity index (χ1) is 27.3. The Bertz CT molecular complexity index is 2480. The molecule has 4 aromatic carbocycles. The van der Waals surface area contributed by atoms with Crippen LogP contribution >= 0.6 is 34.3 Å². The van der Waals surface area contributed by atoms with Gasteiger partial charge in [0.25, 0.3) is 0 Å². The number of amides is 1. The van der Waals surface area contributed by atoms with E-state index in [2.05, 4.69) is 95.1 Å². The van der Waals surface area contributed by atoms with Crippen LogP contribution < -0.4 is 22.1 Å². The lowest BCUT2D eigenvalue weighted by atomic mass is 10.1. The van der Waals surface area contributed by atoms with Crippen molar-refractivity contribution in [1.82, 2.24) is 29.9 Å². The van der Waals surface area contributed by atoms with Crippen LogP contribution in [0.3, 0.4) is 0 Å². The van der Waals surface area contributed by atoms with Gasteiger partial charge in [-0.25, -0.2) is 29.9 Å². The Morgan fingerprint density at radius 1 is 0.702 bits per heavy atom. The average Bonchev–Trinajstić information content (AvgIpc) is 3.80. The third-order valence-corrected chi connectivity index (χ3v) is 10.2. The molecule has 0 radical (unpaired) electrons. The maximum Gasteiger partial charge on any atom is 0.223 e. The van der Waals surface area contributed by atoms with Crippen LogP contribution in [0.15, 0.2) is 122 Å². The van der Waals surface area contributed by atoms with Crippen molar-refractivity contribution in [1.29, 1.82) is 0 Å². The lowest BCUT2D eigenvalue weighted by Crippen LogP contribution is -2.06. The van der Waals surface area contributed by atoms with Crippen LogP contribution in [0.4, 0.5) is 16.2 Å². The molecule has 6 N–H and O–H groups in total. The van der Waals surface area contributed by atoms with Crippen LogP contribution in [-0.4, -0.2) is 48.9 Å². The molecule has 1 amide bonds. The fraction of sp³-hybridized carbons (Fsp3) is 0.186. The van der Waals surface area contributed by atoms with E-state index in [0.717, 1.165) is 81.7 Å². The quantitative estimate of drug-likeness (QED) is 0.0728. The van der Waals surface area contributed by atoms with Crippen molar-refractivity contribution in [2.45, 2.75) is 40.0 Å². The number of benzene rings is 4. The zero-order valence-electron chi connectivity index (χ0n) is 30.7. The molecule has 14 heteroatoms. The standard InChI is InChI=1S/C20H19N5S.C13H9ClN4OS.C9H13N.CH4/c21-19-24-17-9-8-15(13-18(17)26-19)16-10-12-23-20(25-16)22-11-4-7-14-5-2-1-3-6-14;1-7(19)16-13-18-10-3-2-8(6-11(10)20-13)9-4-5-15-12(14)17-9;10-8-4-7-9-5-2-1-3-6-9;/h1-3,5-6,8-10,12-13H,4,7,11H2,(H2,21,24)(H,22,23,25);2-6H,1H3,(H,16,18,19);1-3,5-6H,4,7-8,10H2;1H4. The van der Waals surface area contributed by atoms with E-state index >= 15 is 0 Å². The summed E-state index contributed by atoms with van der Waals surface area (Å²) >= 11 is 8.70. The molecule has 11 nitrogen and oxygen atoms in total. The number of aromatic nitrogens is 6. The number of aryl methyl sites for hydroxylation is 2. The van der Waals surface area contributed by atoms with Crippen molar-refractivity contribution in [3.63, 3.8) is 0 Å². The first kappa shape index (κ1) is 42.3.